The third-order valence-electron chi connectivity index (χ3n) is 6.30. The summed E-state index contributed by atoms with van der Waals surface area (Å²) in [6, 6.07) is 26.7. The van der Waals surface area contributed by atoms with E-state index in [-0.39, 0.29) is 11.8 Å². The van der Waals surface area contributed by atoms with Gasteiger partial charge in [0.2, 0.25) is 5.91 Å². The van der Waals surface area contributed by atoms with Crippen LogP contribution in [-0.2, 0) is 4.79 Å². The number of nitrogens with zero attached hydrogens (tertiary/aromatic N) is 4. The van der Waals surface area contributed by atoms with Gasteiger partial charge in [-0.1, -0.05) is 72.8 Å². The van der Waals surface area contributed by atoms with Crippen molar-refractivity contribution < 1.29 is 4.79 Å². The van der Waals surface area contributed by atoms with Gasteiger partial charge in [0.25, 0.3) is 5.95 Å². The van der Waals surface area contributed by atoms with E-state index < -0.39 is 0 Å². The average Bonchev–Trinajstić information content (AvgIpc) is 3.22. The smallest absolute Gasteiger partial charge is 0.252 e. The molecule has 0 fully saturated rings. The fourth-order valence-corrected chi connectivity index (χ4v) is 4.82. The number of hydrogen-bond acceptors (Lipinski definition) is 4. The Balaban J connectivity index is 1.61. The maximum atomic E-state index is 12.9. The Morgan fingerprint density at radius 1 is 0.853 bits per heavy atom. The van der Waals surface area contributed by atoms with Crippen molar-refractivity contribution in [1.82, 2.24) is 19.7 Å². The summed E-state index contributed by atoms with van der Waals surface area (Å²) >= 11 is 0. The molecule has 34 heavy (non-hydrogen) atoms. The molecule has 1 aliphatic heterocycles. The van der Waals surface area contributed by atoms with E-state index in [1.807, 2.05) is 62.4 Å². The molecule has 6 nitrogen and oxygen atoms in total. The van der Waals surface area contributed by atoms with Crippen LogP contribution in [0, 0.1) is 13.8 Å². The summed E-state index contributed by atoms with van der Waals surface area (Å²) in [4.78, 5) is 22.2. The van der Waals surface area contributed by atoms with Gasteiger partial charge >= 0.3 is 0 Å². The molecule has 0 aliphatic carbocycles. The first-order valence-electron chi connectivity index (χ1n) is 11.4. The molecule has 0 bridgehead atoms. The molecule has 166 valence electrons. The maximum Gasteiger partial charge on any atom is 0.252 e. The summed E-state index contributed by atoms with van der Waals surface area (Å²) < 4.78 is 1.68. The molecule has 1 unspecified atom stereocenters. The van der Waals surface area contributed by atoms with Gasteiger partial charge in [-0.05, 0) is 36.2 Å². The van der Waals surface area contributed by atoms with E-state index in [4.69, 9.17) is 5.10 Å². The molecule has 0 radical (unpaired) electrons. The van der Waals surface area contributed by atoms with Crippen LogP contribution in [0.15, 0.2) is 78.9 Å². The summed E-state index contributed by atoms with van der Waals surface area (Å²) in [7, 11) is 0. The number of amides is 1. The third-order valence-corrected chi connectivity index (χ3v) is 6.30. The van der Waals surface area contributed by atoms with Crippen LogP contribution in [0.4, 0.5) is 5.82 Å². The molecule has 5 aromatic rings. The second-order valence-corrected chi connectivity index (χ2v) is 8.75. The SMILES string of the molecule is Cc1cc(C)nc(-n2nc(-c3ccccc3)c3c2NC(=O)CC3c2ccc3ccccc3c2)n1. The third kappa shape index (κ3) is 3.44. The highest BCUT2D eigenvalue weighted by Gasteiger charge is 2.35. The quantitative estimate of drug-likeness (QED) is 0.394. The van der Waals surface area contributed by atoms with E-state index >= 15 is 0 Å². The average molecular weight is 446 g/mol. The van der Waals surface area contributed by atoms with E-state index in [1.165, 1.54) is 5.39 Å². The minimum absolute atomic E-state index is 0.0456. The van der Waals surface area contributed by atoms with Gasteiger partial charge in [0.15, 0.2) is 0 Å². The minimum Gasteiger partial charge on any atom is -0.310 e. The van der Waals surface area contributed by atoms with E-state index in [9.17, 15) is 4.79 Å². The Morgan fingerprint density at radius 2 is 1.56 bits per heavy atom. The summed E-state index contributed by atoms with van der Waals surface area (Å²) in [6.07, 6.45) is 0.352. The fourth-order valence-electron chi connectivity index (χ4n) is 4.82. The van der Waals surface area contributed by atoms with E-state index in [1.54, 1.807) is 4.68 Å². The first kappa shape index (κ1) is 20.3. The van der Waals surface area contributed by atoms with Crippen molar-refractivity contribution in [3.63, 3.8) is 0 Å². The topological polar surface area (TPSA) is 72.7 Å². The summed E-state index contributed by atoms with van der Waals surface area (Å²) in [6.45, 7) is 3.87. The fraction of sp³-hybridized carbons (Fsp3) is 0.143. The Labute approximate surface area is 197 Å². The molecule has 1 aliphatic rings. The van der Waals surface area contributed by atoms with Crippen molar-refractivity contribution in [2.24, 2.45) is 0 Å². The van der Waals surface area contributed by atoms with Gasteiger partial charge < -0.3 is 5.32 Å². The number of nitrogens with one attached hydrogen (secondary N) is 1. The van der Waals surface area contributed by atoms with Crippen LogP contribution in [0.3, 0.4) is 0 Å². The molecule has 0 spiro atoms. The predicted molar refractivity (Wildman–Crippen MR) is 133 cm³/mol. The Bertz CT molecular complexity index is 1530. The van der Waals surface area contributed by atoms with Gasteiger partial charge in [-0.2, -0.15) is 9.78 Å². The van der Waals surface area contributed by atoms with Crippen LogP contribution >= 0.6 is 0 Å². The zero-order valence-corrected chi connectivity index (χ0v) is 19.0. The van der Waals surface area contributed by atoms with Crippen molar-refractivity contribution in [2.75, 3.05) is 5.32 Å². The van der Waals surface area contributed by atoms with Gasteiger partial charge in [0.1, 0.15) is 5.82 Å². The standard InChI is InChI=1S/C28H23N5O/c1-17-14-18(2)30-28(29-17)33-27-25(26(32-33)20-9-4-3-5-10-20)23(16-24(34)31-27)22-13-12-19-8-6-7-11-21(19)15-22/h3-15,23H,16H2,1-2H3,(H,31,34). The molecule has 3 aromatic carbocycles. The van der Waals surface area contributed by atoms with E-state index in [0.717, 1.165) is 39.2 Å². The highest BCUT2D eigenvalue weighted by molar-refractivity contribution is 5.97. The van der Waals surface area contributed by atoms with Crippen molar-refractivity contribution >= 4 is 22.5 Å². The monoisotopic (exact) mass is 445 g/mol. The summed E-state index contributed by atoms with van der Waals surface area (Å²) in [5.41, 5.74) is 5.60. The lowest BCUT2D eigenvalue weighted by molar-refractivity contribution is -0.116. The Morgan fingerprint density at radius 3 is 2.32 bits per heavy atom. The Hall–Kier alpha value is -4.32. The first-order valence-corrected chi connectivity index (χ1v) is 11.4. The normalized spacial score (nSPS) is 15.2. The zero-order valence-electron chi connectivity index (χ0n) is 19.0. The van der Waals surface area contributed by atoms with Crippen LogP contribution in [0.5, 0.6) is 0 Å². The first-order chi connectivity index (χ1) is 16.6. The molecule has 3 heterocycles. The minimum atomic E-state index is -0.136. The van der Waals surface area contributed by atoms with Crippen LogP contribution in [0.25, 0.3) is 28.0 Å². The van der Waals surface area contributed by atoms with E-state index in [2.05, 4.69) is 45.6 Å². The van der Waals surface area contributed by atoms with Crippen LogP contribution in [0.1, 0.15) is 34.9 Å². The van der Waals surface area contributed by atoms with Gasteiger partial charge in [-0.25, -0.2) is 9.97 Å². The van der Waals surface area contributed by atoms with Crippen LogP contribution in [-0.4, -0.2) is 25.7 Å². The van der Waals surface area contributed by atoms with E-state index in [0.29, 0.717) is 18.2 Å². The zero-order chi connectivity index (χ0) is 23.2. The number of hydrogen-bond donors (Lipinski definition) is 1. The number of carbonyl (C=O) groups is 1. The molecule has 1 N–H and O–H groups in total. The van der Waals surface area contributed by atoms with Gasteiger partial charge in [-0.15, -0.1) is 0 Å². The molecular weight excluding hydrogens is 422 g/mol. The maximum absolute atomic E-state index is 12.9. The predicted octanol–water partition coefficient (Wildman–Crippen LogP) is 5.57. The summed E-state index contributed by atoms with van der Waals surface area (Å²) in [5.74, 6) is 0.910. The number of rotatable bonds is 3. The van der Waals surface area contributed by atoms with Crippen molar-refractivity contribution in [2.45, 2.75) is 26.2 Å². The highest BCUT2D eigenvalue weighted by atomic mass is 16.1. The lowest BCUT2D eigenvalue weighted by Gasteiger charge is -2.25. The second-order valence-electron chi connectivity index (χ2n) is 8.75. The molecular formula is C28H23N5O. The largest absolute Gasteiger partial charge is 0.310 e. The molecule has 0 saturated carbocycles. The molecule has 6 rings (SSSR count). The van der Waals surface area contributed by atoms with Crippen LogP contribution in [0.2, 0.25) is 0 Å². The van der Waals surface area contributed by atoms with Gasteiger partial charge in [-0.3, -0.25) is 4.79 Å². The lowest BCUT2D eigenvalue weighted by Crippen LogP contribution is -2.25. The molecule has 6 heteroatoms. The number of aryl methyl sites for hydroxylation is 2. The summed E-state index contributed by atoms with van der Waals surface area (Å²) in [5, 5.41) is 10.4. The number of carbonyl (C=O) groups excluding carboxylic acids is 1. The molecule has 1 atom stereocenters. The molecule has 1 amide bonds. The number of aromatic nitrogens is 4. The van der Waals surface area contributed by atoms with Crippen molar-refractivity contribution in [1.29, 1.82) is 0 Å². The number of fused-ring (bicyclic) bond motifs is 2. The number of anilines is 1. The molecule has 2 aromatic heterocycles. The Kier molecular flexibility index (Phi) is 4.73. The lowest BCUT2D eigenvalue weighted by atomic mass is 9.83. The van der Waals surface area contributed by atoms with Crippen LogP contribution < -0.4 is 5.32 Å². The second kappa shape index (κ2) is 7.92. The van der Waals surface area contributed by atoms with Crippen molar-refractivity contribution in [3.8, 4) is 17.2 Å². The van der Waals surface area contributed by atoms with Gasteiger partial charge in [0.05, 0.1) is 5.69 Å². The molecule has 0 saturated heterocycles. The highest BCUT2D eigenvalue weighted by Crippen LogP contribution is 2.44. The number of benzene rings is 3. The van der Waals surface area contributed by atoms with Crippen molar-refractivity contribution in [3.05, 3.63) is 101 Å². The van der Waals surface area contributed by atoms with Gasteiger partial charge in [0, 0.05) is 34.9 Å².